The van der Waals surface area contributed by atoms with Crippen molar-refractivity contribution in [1.29, 1.82) is 0 Å². The van der Waals surface area contributed by atoms with E-state index in [-0.39, 0.29) is 24.8 Å². The van der Waals surface area contributed by atoms with Gasteiger partial charge in [0.05, 0.1) is 0 Å². The molecule has 0 radical (unpaired) electrons. The van der Waals surface area contributed by atoms with Crippen molar-refractivity contribution in [3.05, 3.63) is 28.5 Å². The molecule has 20 heavy (non-hydrogen) atoms. The Hall–Kier alpha value is 0.130. The highest BCUT2D eigenvalue weighted by Crippen LogP contribution is 2.26. The lowest BCUT2D eigenvalue weighted by Crippen LogP contribution is -2.45. The van der Waals surface area contributed by atoms with Gasteiger partial charge in [0.15, 0.2) is 0 Å². The molecule has 1 saturated heterocycles. The molecule has 3 nitrogen and oxygen atoms in total. The number of aromatic nitrogens is 1. The van der Waals surface area contributed by atoms with Gasteiger partial charge in [0.2, 0.25) is 0 Å². The molecule has 1 N–H and O–H groups in total. The Morgan fingerprint density at radius 3 is 2.55 bits per heavy atom. The zero-order chi connectivity index (χ0) is 12.8. The van der Waals surface area contributed by atoms with E-state index in [1.807, 2.05) is 6.20 Å². The number of piperazine rings is 1. The Balaban J connectivity index is 0.00000180. The van der Waals surface area contributed by atoms with Crippen molar-refractivity contribution in [1.82, 2.24) is 15.2 Å². The second-order valence-electron chi connectivity index (χ2n) is 4.86. The van der Waals surface area contributed by atoms with Crippen LogP contribution in [0.15, 0.2) is 22.9 Å². The van der Waals surface area contributed by atoms with E-state index in [9.17, 15) is 0 Å². The quantitative estimate of drug-likeness (QED) is 0.782. The Labute approximate surface area is 142 Å². The van der Waals surface area contributed by atoms with Crippen LogP contribution in [0.1, 0.15) is 37.8 Å². The van der Waals surface area contributed by atoms with E-state index in [1.54, 1.807) is 0 Å². The molecule has 116 valence electrons. The molecule has 1 atom stereocenters. The molecule has 0 saturated carbocycles. The number of nitrogens with zero attached hydrogens (tertiary/aromatic N) is 2. The van der Waals surface area contributed by atoms with Crippen molar-refractivity contribution in [2.75, 3.05) is 26.2 Å². The Morgan fingerprint density at radius 1 is 1.30 bits per heavy atom. The third-order valence-corrected chi connectivity index (χ3v) is 4.03. The lowest BCUT2D eigenvalue weighted by molar-refractivity contribution is 0.163. The first-order valence-corrected chi connectivity index (χ1v) is 7.66. The van der Waals surface area contributed by atoms with Gasteiger partial charge in [-0.2, -0.15) is 0 Å². The maximum atomic E-state index is 4.38. The smallest absolute Gasteiger partial charge is 0.106 e. The van der Waals surface area contributed by atoms with Crippen LogP contribution in [0.25, 0.3) is 0 Å². The van der Waals surface area contributed by atoms with Gasteiger partial charge in [-0.15, -0.1) is 24.8 Å². The first kappa shape index (κ1) is 20.1. The van der Waals surface area contributed by atoms with Gasteiger partial charge in [-0.05, 0) is 34.0 Å². The minimum Gasteiger partial charge on any atom is -0.314 e. The molecule has 1 aromatic rings. The Morgan fingerprint density at radius 2 is 2.00 bits per heavy atom. The number of pyridine rings is 1. The van der Waals surface area contributed by atoms with Crippen LogP contribution in [0, 0.1) is 0 Å². The highest BCUT2D eigenvalue weighted by Gasteiger charge is 2.21. The maximum Gasteiger partial charge on any atom is 0.106 e. The highest BCUT2D eigenvalue weighted by atomic mass is 79.9. The summed E-state index contributed by atoms with van der Waals surface area (Å²) >= 11 is 3.41. The number of rotatable bonds is 5. The fourth-order valence-corrected chi connectivity index (χ4v) is 2.77. The molecule has 0 amide bonds. The van der Waals surface area contributed by atoms with Gasteiger partial charge in [-0.1, -0.05) is 25.8 Å². The van der Waals surface area contributed by atoms with Crippen LogP contribution in [-0.4, -0.2) is 36.1 Å². The van der Waals surface area contributed by atoms with Gasteiger partial charge in [0.1, 0.15) is 4.60 Å². The molecule has 1 aliphatic heterocycles. The standard InChI is InChI=1S/C14H22BrN3.2ClH/c1-2-3-4-13(18-9-7-16-8-10-18)12-5-6-14(15)17-11-12;;/h5-6,11,13,16H,2-4,7-10H2,1H3;2*1H/t13-;;/m0../s1. The van der Waals surface area contributed by atoms with Gasteiger partial charge in [-0.25, -0.2) is 4.98 Å². The number of halogens is 3. The van der Waals surface area contributed by atoms with Crippen LogP contribution in [0.4, 0.5) is 0 Å². The Kier molecular flexibility index (Phi) is 10.9. The number of hydrogen-bond acceptors (Lipinski definition) is 3. The third kappa shape index (κ3) is 5.86. The topological polar surface area (TPSA) is 28.2 Å². The first-order chi connectivity index (χ1) is 8.81. The van der Waals surface area contributed by atoms with Crippen LogP contribution in [-0.2, 0) is 0 Å². The lowest BCUT2D eigenvalue weighted by atomic mass is 10.0. The van der Waals surface area contributed by atoms with Crippen molar-refractivity contribution in [2.45, 2.75) is 32.2 Å². The fraction of sp³-hybridized carbons (Fsp3) is 0.643. The van der Waals surface area contributed by atoms with Crippen molar-refractivity contribution < 1.29 is 0 Å². The monoisotopic (exact) mass is 383 g/mol. The molecular formula is C14H24BrCl2N3. The molecule has 0 aliphatic carbocycles. The lowest BCUT2D eigenvalue weighted by Gasteiger charge is -2.35. The summed E-state index contributed by atoms with van der Waals surface area (Å²) in [5.41, 5.74) is 1.36. The summed E-state index contributed by atoms with van der Waals surface area (Å²) in [6, 6.07) is 4.79. The second-order valence-corrected chi connectivity index (χ2v) is 5.67. The average Bonchev–Trinajstić information content (AvgIpc) is 2.42. The third-order valence-electron chi connectivity index (χ3n) is 3.56. The van der Waals surface area contributed by atoms with Crippen molar-refractivity contribution in [3.63, 3.8) is 0 Å². The van der Waals surface area contributed by atoms with Gasteiger partial charge >= 0.3 is 0 Å². The zero-order valence-electron chi connectivity index (χ0n) is 11.8. The predicted octanol–water partition coefficient (Wildman–Crippen LogP) is 3.82. The zero-order valence-corrected chi connectivity index (χ0v) is 15.1. The summed E-state index contributed by atoms with van der Waals surface area (Å²) in [5.74, 6) is 0. The molecule has 1 aliphatic rings. The number of unbranched alkanes of at least 4 members (excludes halogenated alkanes) is 1. The molecule has 0 bridgehead atoms. The SMILES string of the molecule is CCCC[C@@H](c1ccc(Br)nc1)N1CCNCC1.Cl.Cl. The summed E-state index contributed by atoms with van der Waals surface area (Å²) in [4.78, 5) is 6.97. The van der Waals surface area contributed by atoms with Crippen molar-refractivity contribution >= 4 is 40.7 Å². The molecule has 0 unspecified atom stereocenters. The van der Waals surface area contributed by atoms with Gasteiger partial charge < -0.3 is 5.32 Å². The minimum absolute atomic E-state index is 0. The van der Waals surface area contributed by atoms with Crippen molar-refractivity contribution in [2.24, 2.45) is 0 Å². The normalized spacial score (nSPS) is 16.9. The summed E-state index contributed by atoms with van der Waals surface area (Å²) in [6.07, 6.45) is 5.80. The van der Waals surface area contributed by atoms with Crippen molar-refractivity contribution in [3.8, 4) is 0 Å². The Bertz CT molecular complexity index is 356. The van der Waals surface area contributed by atoms with Crippen LogP contribution in [0.5, 0.6) is 0 Å². The maximum absolute atomic E-state index is 4.38. The molecule has 2 rings (SSSR count). The van der Waals surface area contributed by atoms with Gasteiger partial charge in [0.25, 0.3) is 0 Å². The molecule has 6 heteroatoms. The van der Waals surface area contributed by atoms with Crippen LogP contribution < -0.4 is 5.32 Å². The average molecular weight is 385 g/mol. The molecule has 0 spiro atoms. The van der Waals surface area contributed by atoms with E-state index >= 15 is 0 Å². The summed E-state index contributed by atoms with van der Waals surface area (Å²) in [5, 5.41) is 3.42. The molecule has 1 aromatic heterocycles. The molecule has 0 aromatic carbocycles. The fourth-order valence-electron chi connectivity index (χ4n) is 2.54. The highest BCUT2D eigenvalue weighted by molar-refractivity contribution is 9.10. The second kappa shape index (κ2) is 10.8. The summed E-state index contributed by atoms with van der Waals surface area (Å²) in [7, 11) is 0. The van der Waals surface area contributed by atoms with E-state index in [0.717, 1.165) is 30.8 Å². The van der Waals surface area contributed by atoms with Crippen LogP contribution in [0.2, 0.25) is 0 Å². The summed E-state index contributed by atoms with van der Waals surface area (Å²) < 4.78 is 0.917. The van der Waals surface area contributed by atoms with Gasteiger partial charge in [-0.3, -0.25) is 4.90 Å². The minimum atomic E-state index is 0. The molecular weight excluding hydrogens is 361 g/mol. The van der Waals surface area contributed by atoms with Gasteiger partial charge in [0, 0.05) is 38.4 Å². The van der Waals surface area contributed by atoms with E-state index < -0.39 is 0 Å². The largest absolute Gasteiger partial charge is 0.314 e. The number of hydrogen-bond donors (Lipinski definition) is 1. The molecule has 2 heterocycles. The predicted molar refractivity (Wildman–Crippen MR) is 93.1 cm³/mol. The number of nitrogens with one attached hydrogen (secondary N) is 1. The molecule has 1 fully saturated rings. The van der Waals surface area contributed by atoms with E-state index in [2.05, 4.69) is 50.2 Å². The van der Waals surface area contributed by atoms with Crippen LogP contribution in [0.3, 0.4) is 0 Å². The first-order valence-electron chi connectivity index (χ1n) is 6.87. The van der Waals surface area contributed by atoms with E-state index in [4.69, 9.17) is 0 Å². The van der Waals surface area contributed by atoms with E-state index in [1.165, 1.54) is 24.8 Å². The van der Waals surface area contributed by atoms with E-state index in [0.29, 0.717) is 6.04 Å². The van der Waals surface area contributed by atoms with Crippen LogP contribution >= 0.6 is 40.7 Å². The summed E-state index contributed by atoms with van der Waals surface area (Å²) in [6.45, 7) is 6.75.